The molecule has 1 atom stereocenters. The van der Waals surface area contributed by atoms with Gasteiger partial charge in [-0.1, -0.05) is 0 Å². The summed E-state index contributed by atoms with van der Waals surface area (Å²) >= 11 is 0. The first-order valence-electron chi connectivity index (χ1n) is 4.04. The van der Waals surface area contributed by atoms with Gasteiger partial charge in [0.05, 0.1) is 6.61 Å². The van der Waals surface area contributed by atoms with Crippen LogP contribution >= 0.6 is 0 Å². The van der Waals surface area contributed by atoms with E-state index < -0.39 is 0 Å². The normalized spacial score (nSPS) is 24.2. The molecule has 5 heteroatoms. The lowest BCUT2D eigenvalue weighted by atomic mass is 10.3. The predicted molar refractivity (Wildman–Crippen MR) is 42.6 cm³/mol. The molecule has 12 heavy (non-hydrogen) atoms. The molecule has 1 saturated heterocycles. The molecular formula is C7H12N4O. The summed E-state index contributed by atoms with van der Waals surface area (Å²) in [6.07, 6.45) is 1.61. The molecule has 1 aromatic heterocycles. The van der Waals surface area contributed by atoms with E-state index in [9.17, 15) is 0 Å². The number of rotatable bonds is 1. The van der Waals surface area contributed by atoms with Crippen LogP contribution in [-0.4, -0.2) is 34.5 Å². The van der Waals surface area contributed by atoms with Gasteiger partial charge in [0.2, 0.25) is 0 Å². The van der Waals surface area contributed by atoms with Gasteiger partial charge in [-0.05, 0) is 0 Å². The zero-order chi connectivity index (χ0) is 8.39. The topological polar surface area (TPSA) is 52.0 Å². The lowest BCUT2D eigenvalue weighted by Gasteiger charge is -2.22. The minimum absolute atomic E-state index is 0.0613. The summed E-state index contributed by atoms with van der Waals surface area (Å²) in [7, 11) is 1.88. The van der Waals surface area contributed by atoms with Crippen LogP contribution in [-0.2, 0) is 11.8 Å². The number of hydrogen-bond donors (Lipinski definition) is 1. The Morgan fingerprint density at radius 3 is 3.25 bits per heavy atom. The van der Waals surface area contributed by atoms with Crippen molar-refractivity contribution in [2.75, 3.05) is 19.7 Å². The molecule has 1 N–H and O–H groups in total. The maximum absolute atomic E-state index is 5.52. The number of aromatic nitrogens is 3. The van der Waals surface area contributed by atoms with Crippen LogP contribution < -0.4 is 5.32 Å². The standard InChI is InChI=1S/C7H12N4O/c1-11-7(9-5-10-11)6-4-8-2-3-12-6/h5-6,8H,2-4H2,1H3. The SMILES string of the molecule is Cn1ncnc1C1CNCCO1. The van der Waals surface area contributed by atoms with Crippen molar-refractivity contribution in [3.8, 4) is 0 Å². The summed E-state index contributed by atoms with van der Waals surface area (Å²) in [5.74, 6) is 0.891. The van der Waals surface area contributed by atoms with Crippen molar-refractivity contribution < 1.29 is 4.74 Å². The molecule has 0 spiro atoms. The third-order valence-corrected chi connectivity index (χ3v) is 1.96. The van der Waals surface area contributed by atoms with Crippen LogP contribution in [0.25, 0.3) is 0 Å². The average molecular weight is 168 g/mol. The van der Waals surface area contributed by atoms with Gasteiger partial charge in [-0.25, -0.2) is 4.98 Å². The van der Waals surface area contributed by atoms with E-state index in [1.807, 2.05) is 7.05 Å². The molecular weight excluding hydrogens is 156 g/mol. The summed E-state index contributed by atoms with van der Waals surface area (Å²) in [4.78, 5) is 4.13. The predicted octanol–water partition coefficient (Wildman–Crippen LogP) is -0.524. The summed E-state index contributed by atoms with van der Waals surface area (Å²) in [5, 5.41) is 7.23. The Kier molecular flexibility index (Phi) is 2.05. The molecule has 0 amide bonds. The van der Waals surface area contributed by atoms with E-state index in [2.05, 4.69) is 15.4 Å². The van der Waals surface area contributed by atoms with Gasteiger partial charge in [0.1, 0.15) is 12.4 Å². The highest BCUT2D eigenvalue weighted by Crippen LogP contribution is 2.14. The van der Waals surface area contributed by atoms with Crippen molar-refractivity contribution in [1.82, 2.24) is 20.1 Å². The summed E-state index contributed by atoms with van der Waals surface area (Å²) < 4.78 is 7.26. The lowest BCUT2D eigenvalue weighted by Crippen LogP contribution is -2.34. The van der Waals surface area contributed by atoms with Crippen LogP contribution in [0.5, 0.6) is 0 Å². The third-order valence-electron chi connectivity index (χ3n) is 1.96. The van der Waals surface area contributed by atoms with Crippen molar-refractivity contribution in [2.45, 2.75) is 6.10 Å². The van der Waals surface area contributed by atoms with Gasteiger partial charge < -0.3 is 10.1 Å². The van der Waals surface area contributed by atoms with Gasteiger partial charge in [0.25, 0.3) is 0 Å². The highest BCUT2D eigenvalue weighted by molar-refractivity contribution is 4.92. The molecule has 2 rings (SSSR count). The first-order chi connectivity index (χ1) is 5.88. The largest absolute Gasteiger partial charge is 0.368 e. The second kappa shape index (κ2) is 3.20. The number of nitrogens with one attached hydrogen (secondary N) is 1. The maximum atomic E-state index is 5.52. The highest BCUT2D eigenvalue weighted by Gasteiger charge is 2.19. The lowest BCUT2D eigenvalue weighted by molar-refractivity contribution is 0.0199. The second-order valence-corrected chi connectivity index (χ2v) is 2.81. The van der Waals surface area contributed by atoms with E-state index >= 15 is 0 Å². The molecule has 0 bridgehead atoms. The first kappa shape index (κ1) is 7.70. The molecule has 1 aliphatic heterocycles. The smallest absolute Gasteiger partial charge is 0.157 e. The van der Waals surface area contributed by atoms with Gasteiger partial charge >= 0.3 is 0 Å². The molecule has 66 valence electrons. The minimum Gasteiger partial charge on any atom is -0.368 e. The molecule has 5 nitrogen and oxygen atoms in total. The van der Waals surface area contributed by atoms with E-state index in [1.54, 1.807) is 11.0 Å². The Balaban J connectivity index is 2.13. The Labute approximate surface area is 70.7 Å². The van der Waals surface area contributed by atoms with E-state index in [-0.39, 0.29) is 6.10 Å². The quantitative estimate of drug-likeness (QED) is 0.613. The zero-order valence-corrected chi connectivity index (χ0v) is 7.03. The fourth-order valence-corrected chi connectivity index (χ4v) is 1.33. The fourth-order valence-electron chi connectivity index (χ4n) is 1.33. The average Bonchev–Trinajstić information content (AvgIpc) is 2.53. The highest BCUT2D eigenvalue weighted by atomic mass is 16.5. The van der Waals surface area contributed by atoms with Crippen molar-refractivity contribution in [2.24, 2.45) is 7.05 Å². The zero-order valence-electron chi connectivity index (χ0n) is 7.03. The van der Waals surface area contributed by atoms with Gasteiger partial charge in [-0.2, -0.15) is 5.10 Å². The Morgan fingerprint density at radius 2 is 2.67 bits per heavy atom. The van der Waals surface area contributed by atoms with E-state index in [0.717, 1.165) is 25.5 Å². The summed E-state index contributed by atoms with van der Waals surface area (Å²) in [5.41, 5.74) is 0. The number of ether oxygens (including phenoxy) is 1. The molecule has 0 saturated carbocycles. The molecule has 0 radical (unpaired) electrons. The molecule has 2 heterocycles. The van der Waals surface area contributed by atoms with Crippen molar-refractivity contribution in [3.63, 3.8) is 0 Å². The van der Waals surface area contributed by atoms with E-state index in [4.69, 9.17) is 4.74 Å². The number of hydrogen-bond acceptors (Lipinski definition) is 4. The summed E-state index contributed by atoms with van der Waals surface area (Å²) in [6.45, 7) is 2.50. The van der Waals surface area contributed by atoms with Gasteiger partial charge in [0, 0.05) is 20.1 Å². The number of nitrogens with zero attached hydrogens (tertiary/aromatic N) is 3. The van der Waals surface area contributed by atoms with Crippen molar-refractivity contribution in [1.29, 1.82) is 0 Å². The van der Waals surface area contributed by atoms with Crippen LogP contribution in [0, 0.1) is 0 Å². The van der Waals surface area contributed by atoms with Gasteiger partial charge in [-0.3, -0.25) is 4.68 Å². The molecule has 0 aromatic carbocycles. The second-order valence-electron chi connectivity index (χ2n) is 2.81. The number of aryl methyl sites for hydroxylation is 1. The van der Waals surface area contributed by atoms with Crippen LogP contribution in [0.3, 0.4) is 0 Å². The van der Waals surface area contributed by atoms with Crippen molar-refractivity contribution >= 4 is 0 Å². The Hall–Kier alpha value is -0.940. The van der Waals surface area contributed by atoms with Gasteiger partial charge in [0.15, 0.2) is 5.82 Å². The van der Waals surface area contributed by atoms with Crippen LogP contribution in [0.1, 0.15) is 11.9 Å². The monoisotopic (exact) mass is 168 g/mol. The van der Waals surface area contributed by atoms with E-state index in [0.29, 0.717) is 0 Å². The van der Waals surface area contributed by atoms with Crippen LogP contribution in [0.4, 0.5) is 0 Å². The Bertz CT molecular complexity index is 254. The van der Waals surface area contributed by atoms with Crippen molar-refractivity contribution in [3.05, 3.63) is 12.2 Å². The molecule has 1 unspecified atom stereocenters. The minimum atomic E-state index is 0.0613. The fraction of sp³-hybridized carbons (Fsp3) is 0.714. The molecule has 1 aromatic rings. The maximum Gasteiger partial charge on any atom is 0.157 e. The first-order valence-corrected chi connectivity index (χ1v) is 4.04. The summed E-state index contributed by atoms with van der Waals surface area (Å²) in [6, 6.07) is 0. The number of morpholine rings is 1. The molecule has 1 fully saturated rings. The van der Waals surface area contributed by atoms with E-state index in [1.165, 1.54) is 0 Å². The Morgan fingerprint density at radius 1 is 1.75 bits per heavy atom. The van der Waals surface area contributed by atoms with Gasteiger partial charge in [-0.15, -0.1) is 0 Å². The molecule has 0 aliphatic carbocycles. The third kappa shape index (κ3) is 1.33. The van der Waals surface area contributed by atoms with Crippen LogP contribution in [0.15, 0.2) is 6.33 Å². The van der Waals surface area contributed by atoms with Crippen LogP contribution in [0.2, 0.25) is 0 Å². The molecule has 1 aliphatic rings.